The number of nitrogens with zero attached hydrogens (tertiary/aromatic N) is 2. The SMILES string of the molecule is c1ccc(N(c2ccc3c4ccccc4n(-c4ccccc4)c3c2)c2cccc3c2-c2cccc4c2C32c3ccccc3-c3cccc-4c32)cc1. The molecule has 0 saturated heterocycles. The second kappa shape index (κ2) is 9.74. The molecule has 0 fully saturated rings. The van der Waals surface area contributed by atoms with Crippen LogP contribution in [0.5, 0.6) is 0 Å². The van der Waals surface area contributed by atoms with Crippen LogP contribution in [0.15, 0.2) is 182 Å². The lowest BCUT2D eigenvalue weighted by atomic mass is 9.73. The Kier molecular flexibility index (Phi) is 5.20. The van der Waals surface area contributed by atoms with E-state index < -0.39 is 0 Å². The second-order valence-corrected chi connectivity index (χ2v) is 14.0. The first-order valence-electron chi connectivity index (χ1n) is 17.8. The fraction of sp³-hybridized carbons (Fsp3) is 0.0204. The third kappa shape index (κ3) is 3.28. The zero-order chi connectivity index (χ0) is 33.3. The molecule has 0 aliphatic heterocycles. The number of hydrogen-bond acceptors (Lipinski definition) is 1. The van der Waals surface area contributed by atoms with E-state index in [1.54, 1.807) is 0 Å². The van der Waals surface area contributed by atoms with Gasteiger partial charge in [0.1, 0.15) is 0 Å². The quantitative estimate of drug-likeness (QED) is 0.185. The Morgan fingerprint density at radius 3 is 1.80 bits per heavy atom. The van der Waals surface area contributed by atoms with Gasteiger partial charge in [-0.3, -0.25) is 0 Å². The number of hydrogen-bond donors (Lipinski definition) is 0. The van der Waals surface area contributed by atoms with Gasteiger partial charge in [0.2, 0.25) is 0 Å². The maximum absolute atomic E-state index is 2.48. The summed E-state index contributed by atoms with van der Waals surface area (Å²) < 4.78 is 2.41. The molecule has 12 rings (SSSR count). The van der Waals surface area contributed by atoms with Gasteiger partial charge >= 0.3 is 0 Å². The van der Waals surface area contributed by atoms with Gasteiger partial charge in [0.05, 0.1) is 22.1 Å². The van der Waals surface area contributed by atoms with Crippen LogP contribution in [-0.4, -0.2) is 4.57 Å². The van der Waals surface area contributed by atoms with Crippen molar-refractivity contribution in [1.82, 2.24) is 4.57 Å². The largest absolute Gasteiger partial charge is 0.310 e. The monoisotopic (exact) mass is 646 g/mol. The van der Waals surface area contributed by atoms with Crippen molar-refractivity contribution >= 4 is 38.9 Å². The van der Waals surface area contributed by atoms with Gasteiger partial charge in [-0.05, 0) is 98.6 Å². The van der Waals surface area contributed by atoms with Crippen LogP contribution < -0.4 is 4.90 Å². The van der Waals surface area contributed by atoms with E-state index in [4.69, 9.17) is 0 Å². The fourth-order valence-electron chi connectivity index (χ4n) is 9.93. The van der Waals surface area contributed by atoms with Gasteiger partial charge in [-0.2, -0.15) is 0 Å². The van der Waals surface area contributed by atoms with Crippen molar-refractivity contribution in [2.45, 2.75) is 5.41 Å². The first-order valence-corrected chi connectivity index (χ1v) is 17.8. The molecule has 1 spiro atoms. The number of anilines is 3. The van der Waals surface area contributed by atoms with E-state index in [9.17, 15) is 0 Å². The molecule has 3 aliphatic carbocycles. The minimum Gasteiger partial charge on any atom is -0.310 e. The van der Waals surface area contributed by atoms with Crippen molar-refractivity contribution in [1.29, 1.82) is 0 Å². The predicted octanol–water partition coefficient (Wildman–Crippen LogP) is 12.6. The van der Waals surface area contributed by atoms with E-state index in [0.717, 1.165) is 17.1 Å². The van der Waals surface area contributed by atoms with Gasteiger partial charge in [-0.15, -0.1) is 0 Å². The molecular formula is C49H30N2. The van der Waals surface area contributed by atoms with E-state index in [0.29, 0.717) is 0 Å². The minimum absolute atomic E-state index is 0.328. The molecule has 0 saturated carbocycles. The van der Waals surface area contributed by atoms with Crippen LogP contribution in [0.4, 0.5) is 17.1 Å². The topological polar surface area (TPSA) is 8.17 Å². The molecule has 1 heterocycles. The molecule has 1 atom stereocenters. The van der Waals surface area contributed by atoms with Crippen molar-refractivity contribution in [3.63, 3.8) is 0 Å². The molecule has 1 aromatic heterocycles. The lowest BCUT2D eigenvalue weighted by molar-refractivity contribution is 0.818. The van der Waals surface area contributed by atoms with Crippen LogP contribution in [0.2, 0.25) is 0 Å². The van der Waals surface area contributed by atoms with Crippen molar-refractivity contribution in [3.05, 3.63) is 204 Å². The smallest absolute Gasteiger partial charge is 0.0738 e. The van der Waals surface area contributed by atoms with Crippen molar-refractivity contribution in [2.75, 3.05) is 4.90 Å². The Morgan fingerprint density at radius 1 is 0.392 bits per heavy atom. The van der Waals surface area contributed by atoms with Crippen LogP contribution in [0.25, 0.3) is 60.9 Å². The average molecular weight is 647 g/mol. The molecule has 1 unspecified atom stereocenters. The third-order valence-corrected chi connectivity index (χ3v) is 11.7. The average Bonchev–Trinajstić information content (AvgIpc) is 3.89. The maximum Gasteiger partial charge on any atom is 0.0738 e. The third-order valence-electron chi connectivity index (χ3n) is 11.7. The fourth-order valence-corrected chi connectivity index (χ4v) is 9.93. The van der Waals surface area contributed by atoms with Crippen LogP contribution in [-0.2, 0) is 5.41 Å². The number of para-hydroxylation sites is 3. The predicted molar refractivity (Wildman–Crippen MR) is 211 cm³/mol. The van der Waals surface area contributed by atoms with Crippen LogP contribution in [0, 0.1) is 0 Å². The van der Waals surface area contributed by atoms with Crippen molar-refractivity contribution in [2.24, 2.45) is 0 Å². The molecule has 2 heteroatoms. The Bertz CT molecular complexity index is 2900. The van der Waals surface area contributed by atoms with E-state index in [1.807, 2.05) is 0 Å². The highest BCUT2D eigenvalue weighted by molar-refractivity contribution is 6.12. The molecule has 9 aromatic rings. The molecule has 0 radical (unpaired) electrons. The molecule has 0 bridgehead atoms. The summed E-state index contributed by atoms with van der Waals surface area (Å²) in [7, 11) is 0. The lowest BCUT2D eigenvalue weighted by Gasteiger charge is -2.30. The molecule has 0 amide bonds. The Morgan fingerprint density at radius 2 is 0.980 bits per heavy atom. The highest BCUT2D eigenvalue weighted by atomic mass is 15.1. The van der Waals surface area contributed by atoms with E-state index in [2.05, 4.69) is 191 Å². The second-order valence-electron chi connectivity index (χ2n) is 14.0. The summed E-state index contributed by atoms with van der Waals surface area (Å²) in [6.07, 6.45) is 0. The van der Waals surface area contributed by atoms with E-state index in [-0.39, 0.29) is 5.41 Å². The van der Waals surface area contributed by atoms with Gasteiger partial charge < -0.3 is 9.47 Å². The summed E-state index contributed by atoms with van der Waals surface area (Å²) in [5, 5.41) is 2.51. The molecule has 8 aromatic carbocycles. The van der Waals surface area contributed by atoms with Crippen LogP contribution in [0.1, 0.15) is 22.3 Å². The summed E-state index contributed by atoms with van der Waals surface area (Å²) in [4.78, 5) is 2.48. The highest BCUT2D eigenvalue weighted by Gasteiger charge is 2.57. The molecule has 0 N–H and O–H groups in total. The number of benzene rings is 8. The van der Waals surface area contributed by atoms with Gasteiger partial charge in [0, 0.05) is 33.4 Å². The Labute approximate surface area is 296 Å². The zero-order valence-electron chi connectivity index (χ0n) is 27.7. The zero-order valence-corrected chi connectivity index (χ0v) is 27.7. The summed E-state index contributed by atoms with van der Waals surface area (Å²) in [5.74, 6) is 0. The highest BCUT2D eigenvalue weighted by Crippen LogP contribution is 2.71. The molecule has 236 valence electrons. The number of fused-ring (bicyclic) bond motifs is 8. The lowest BCUT2D eigenvalue weighted by Crippen LogP contribution is -2.23. The molecule has 3 aliphatic rings. The summed E-state index contributed by atoms with van der Waals surface area (Å²) in [6.45, 7) is 0. The summed E-state index contributed by atoms with van der Waals surface area (Å²) >= 11 is 0. The first kappa shape index (κ1) is 27.2. The van der Waals surface area contributed by atoms with Crippen molar-refractivity contribution in [3.8, 4) is 39.1 Å². The minimum atomic E-state index is -0.328. The van der Waals surface area contributed by atoms with Gasteiger partial charge in [-0.25, -0.2) is 0 Å². The molecule has 2 nitrogen and oxygen atoms in total. The number of aromatic nitrogens is 1. The van der Waals surface area contributed by atoms with Crippen LogP contribution >= 0.6 is 0 Å². The van der Waals surface area contributed by atoms with Crippen LogP contribution in [0.3, 0.4) is 0 Å². The van der Waals surface area contributed by atoms with Gasteiger partial charge in [-0.1, -0.05) is 133 Å². The van der Waals surface area contributed by atoms with Gasteiger partial charge in [0.25, 0.3) is 0 Å². The van der Waals surface area contributed by atoms with E-state index in [1.165, 1.54) is 83.1 Å². The molecular weight excluding hydrogens is 617 g/mol. The normalized spacial score (nSPS) is 15.5. The Balaban J connectivity index is 1.17. The number of rotatable bonds is 4. The first-order chi connectivity index (χ1) is 25.3. The summed E-state index contributed by atoms with van der Waals surface area (Å²) in [5.41, 5.74) is 20.5. The van der Waals surface area contributed by atoms with Gasteiger partial charge in [0.15, 0.2) is 0 Å². The Hall–Kier alpha value is -6.64. The van der Waals surface area contributed by atoms with Crippen molar-refractivity contribution < 1.29 is 0 Å². The molecule has 51 heavy (non-hydrogen) atoms. The summed E-state index contributed by atoms with van der Waals surface area (Å²) in [6, 6.07) is 67.4. The van der Waals surface area contributed by atoms with E-state index >= 15 is 0 Å². The standard InChI is InChI=1S/C49H30N2/c1-3-14-31(15-4-1)50(33-28-29-36-35-19-8-10-26-43(35)51(45(36)30-33)32-16-5-2-6-17-32)44-27-13-25-42-46(44)40-23-12-22-39-38-21-11-20-37-34-18-7-9-24-41(34)49(42,47(37)38)48(39)40/h1-30H. The maximum atomic E-state index is 2.48.